The van der Waals surface area contributed by atoms with Crippen LogP contribution >= 0.6 is 0 Å². The lowest BCUT2D eigenvalue weighted by atomic mass is 9.95. The van der Waals surface area contributed by atoms with Crippen LogP contribution in [-0.2, 0) is 12.5 Å². The zero-order valence-corrected chi connectivity index (χ0v) is 12.3. The Kier molecular flexibility index (Phi) is 2.61. The maximum atomic E-state index is 5.87. The molecule has 5 heteroatoms. The molecule has 5 nitrogen and oxygen atoms in total. The molecule has 0 atom stereocenters. The minimum atomic E-state index is -0.0658. The number of anilines is 1. The number of aromatic nitrogens is 4. The fourth-order valence-corrected chi connectivity index (χ4v) is 2.39. The highest BCUT2D eigenvalue weighted by atomic mass is 15.3. The molecule has 3 rings (SSSR count). The van der Waals surface area contributed by atoms with Gasteiger partial charge in [0.05, 0.1) is 22.9 Å². The van der Waals surface area contributed by atoms with Crippen LogP contribution in [0, 0.1) is 0 Å². The molecule has 0 unspecified atom stereocenters. The van der Waals surface area contributed by atoms with Gasteiger partial charge in [0.2, 0.25) is 0 Å². The number of nitrogens with zero attached hydrogens (tertiary/aromatic N) is 4. The molecule has 0 saturated carbocycles. The first-order valence-electron chi connectivity index (χ1n) is 6.64. The molecule has 20 heavy (non-hydrogen) atoms. The molecular formula is C15H19N5. The molecule has 0 radical (unpaired) electrons. The highest BCUT2D eigenvalue weighted by molar-refractivity contribution is 5.81. The van der Waals surface area contributed by atoms with Crippen LogP contribution in [0.4, 0.5) is 5.69 Å². The van der Waals surface area contributed by atoms with Crippen molar-refractivity contribution in [2.75, 3.05) is 5.73 Å². The lowest BCUT2D eigenvalue weighted by molar-refractivity contribution is 0.539. The van der Waals surface area contributed by atoms with Gasteiger partial charge in [-0.1, -0.05) is 20.8 Å². The highest BCUT2D eigenvalue weighted by Gasteiger charge is 2.24. The second kappa shape index (κ2) is 4.10. The quantitative estimate of drug-likeness (QED) is 0.691. The van der Waals surface area contributed by atoms with E-state index in [1.54, 1.807) is 4.68 Å². The number of rotatable bonds is 1. The number of fused-ring (bicyclic) bond motifs is 1. The summed E-state index contributed by atoms with van der Waals surface area (Å²) in [5.41, 5.74) is 9.52. The summed E-state index contributed by atoms with van der Waals surface area (Å²) in [6, 6.07) is 5.83. The third-order valence-electron chi connectivity index (χ3n) is 3.30. The summed E-state index contributed by atoms with van der Waals surface area (Å²) in [6.45, 7) is 6.47. The van der Waals surface area contributed by atoms with Crippen molar-refractivity contribution in [3.63, 3.8) is 0 Å². The Morgan fingerprint density at radius 1 is 1.20 bits per heavy atom. The van der Waals surface area contributed by atoms with E-state index < -0.39 is 0 Å². The normalized spacial score (nSPS) is 12.2. The molecule has 3 aromatic rings. The van der Waals surface area contributed by atoms with Crippen molar-refractivity contribution in [2.45, 2.75) is 26.2 Å². The number of hydrogen-bond acceptors (Lipinski definition) is 3. The minimum absolute atomic E-state index is 0.0658. The van der Waals surface area contributed by atoms with E-state index in [-0.39, 0.29) is 5.41 Å². The largest absolute Gasteiger partial charge is 0.399 e. The van der Waals surface area contributed by atoms with Crippen molar-refractivity contribution < 1.29 is 0 Å². The molecule has 104 valence electrons. The summed E-state index contributed by atoms with van der Waals surface area (Å²) in [5.74, 6) is 1.01. The van der Waals surface area contributed by atoms with Gasteiger partial charge in [0.1, 0.15) is 5.82 Å². The average molecular weight is 269 g/mol. The minimum Gasteiger partial charge on any atom is -0.399 e. The molecule has 2 aromatic heterocycles. The third-order valence-corrected chi connectivity index (χ3v) is 3.30. The molecule has 0 aliphatic rings. The van der Waals surface area contributed by atoms with Crippen LogP contribution in [0.2, 0.25) is 0 Å². The van der Waals surface area contributed by atoms with Crippen molar-refractivity contribution in [1.82, 2.24) is 19.3 Å². The Morgan fingerprint density at radius 2 is 1.95 bits per heavy atom. The summed E-state index contributed by atoms with van der Waals surface area (Å²) >= 11 is 0. The van der Waals surface area contributed by atoms with Gasteiger partial charge in [-0.05, 0) is 18.2 Å². The van der Waals surface area contributed by atoms with Crippen LogP contribution < -0.4 is 5.73 Å². The monoisotopic (exact) mass is 269 g/mol. The van der Waals surface area contributed by atoms with Crippen molar-refractivity contribution in [2.24, 2.45) is 7.05 Å². The first kappa shape index (κ1) is 12.7. The van der Waals surface area contributed by atoms with Crippen LogP contribution in [0.3, 0.4) is 0 Å². The van der Waals surface area contributed by atoms with E-state index in [0.29, 0.717) is 0 Å². The Labute approximate surface area is 118 Å². The maximum absolute atomic E-state index is 5.87. The first-order valence-corrected chi connectivity index (χ1v) is 6.64. The smallest absolute Gasteiger partial charge is 0.119 e. The molecule has 2 N–H and O–H groups in total. The van der Waals surface area contributed by atoms with Gasteiger partial charge in [-0.2, -0.15) is 5.10 Å². The molecule has 0 aliphatic carbocycles. The van der Waals surface area contributed by atoms with E-state index in [2.05, 4.69) is 30.4 Å². The summed E-state index contributed by atoms with van der Waals surface area (Å²) in [6.07, 6.45) is 3.85. The number of benzene rings is 1. The fourth-order valence-electron chi connectivity index (χ4n) is 2.39. The van der Waals surface area contributed by atoms with Crippen molar-refractivity contribution in [1.29, 1.82) is 0 Å². The van der Waals surface area contributed by atoms with Crippen LogP contribution in [-0.4, -0.2) is 19.3 Å². The van der Waals surface area contributed by atoms with E-state index in [9.17, 15) is 0 Å². The number of nitrogens with two attached hydrogens (primary N) is 1. The van der Waals surface area contributed by atoms with Crippen molar-refractivity contribution in [3.05, 3.63) is 36.4 Å². The number of imidazole rings is 1. The van der Waals surface area contributed by atoms with Crippen LogP contribution in [0.25, 0.3) is 16.7 Å². The predicted octanol–water partition coefficient (Wildman–Crippen LogP) is 2.64. The molecule has 0 spiro atoms. The average Bonchev–Trinajstić information content (AvgIpc) is 2.91. The first-order chi connectivity index (χ1) is 9.36. The van der Waals surface area contributed by atoms with E-state index in [4.69, 9.17) is 10.7 Å². The van der Waals surface area contributed by atoms with E-state index in [0.717, 1.165) is 28.2 Å². The number of aryl methyl sites for hydroxylation is 1. The molecule has 2 heterocycles. The molecule has 0 amide bonds. The standard InChI is InChI=1S/C15H19N5/c1-15(2,3)14-18-12-7-10(16)5-6-13(12)20(14)11-8-17-19(4)9-11/h5-9H,16H2,1-4H3. The molecule has 0 saturated heterocycles. The van der Waals surface area contributed by atoms with Gasteiger partial charge in [0.15, 0.2) is 0 Å². The summed E-state index contributed by atoms with van der Waals surface area (Å²) in [7, 11) is 1.91. The van der Waals surface area contributed by atoms with Gasteiger partial charge < -0.3 is 5.73 Å². The van der Waals surface area contributed by atoms with E-state index >= 15 is 0 Å². The zero-order valence-electron chi connectivity index (χ0n) is 12.3. The molecular weight excluding hydrogens is 250 g/mol. The van der Waals surface area contributed by atoms with Crippen molar-refractivity contribution in [3.8, 4) is 5.69 Å². The van der Waals surface area contributed by atoms with Gasteiger partial charge in [-0.15, -0.1) is 0 Å². The summed E-state index contributed by atoms with van der Waals surface area (Å²) < 4.78 is 3.95. The Morgan fingerprint density at radius 3 is 2.55 bits per heavy atom. The predicted molar refractivity (Wildman–Crippen MR) is 80.9 cm³/mol. The lowest BCUT2D eigenvalue weighted by Gasteiger charge is -2.19. The van der Waals surface area contributed by atoms with Gasteiger partial charge in [0, 0.05) is 24.3 Å². The highest BCUT2D eigenvalue weighted by Crippen LogP contribution is 2.30. The molecule has 0 aliphatic heterocycles. The number of hydrogen-bond donors (Lipinski definition) is 1. The van der Waals surface area contributed by atoms with Gasteiger partial charge in [0.25, 0.3) is 0 Å². The van der Waals surface area contributed by atoms with E-state index in [1.165, 1.54) is 0 Å². The van der Waals surface area contributed by atoms with Crippen molar-refractivity contribution >= 4 is 16.7 Å². The van der Waals surface area contributed by atoms with Crippen LogP contribution in [0.5, 0.6) is 0 Å². The molecule has 0 bridgehead atoms. The lowest BCUT2D eigenvalue weighted by Crippen LogP contribution is -2.18. The fraction of sp³-hybridized carbons (Fsp3) is 0.333. The maximum Gasteiger partial charge on any atom is 0.119 e. The second-order valence-electron chi connectivity index (χ2n) is 6.14. The molecule has 0 fully saturated rings. The second-order valence-corrected chi connectivity index (χ2v) is 6.14. The van der Waals surface area contributed by atoms with Crippen LogP contribution in [0.1, 0.15) is 26.6 Å². The van der Waals surface area contributed by atoms with Gasteiger partial charge in [-0.3, -0.25) is 9.25 Å². The third kappa shape index (κ3) is 1.95. The Hall–Kier alpha value is -2.30. The van der Waals surface area contributed by atoms with Crippen LogP contribution in [0.15, 0.2) is 30.6 Å². The van der Waals surface area contributed by atoms with E-state index in [1.807, 2.05) is 37.6 Å². The number of nitrogen functional groups attached to an aromatic ring is 1. The molecule has 1 aromatic carbocycles. The van der Waals surface area contributed by atoms with Gasteiger partial charge in [-0.25, -0.2) is 4.98 Å². The zero-order chi connectivity index (χ0) is 14.5. The Balaban J connectivity index is 2.37. The Bertz CT molecular complexity index is 773. The summed E-state index contributed by atoms with van der Waals surface area (Å²) in [4.78, 5) is 4.78. The summed E-state index contributed by atoms with van der Waals surface area (Å²) in [5, 5.41) is 4.26. The SMILES string of the molecule is Cn1cc(-n2c(C(C)(C)C)nc3cc(N)ccc32)cn1. The topological polar surface area (TPSA) is 61.7 Å². The van der Waals surface area contributed by atoms with Gasteiger partial charge >= 0.3 is 0 Å².